The first kappa shape index (κ1) is 15.6. The van der Waals surface area contributed by atoms with Crippen molar-refractivity contribution >= 4 is 5.97 Å². The average molecular weight is 269 g/mol. The molecule has 0 radical (unpaired) electrons. The molecule has 0 aliphatic carbocycles. The highest BCUT2D eigenvalue weighted by atomic mass is 16.5. The zero-order chi connectivity index (χ0) is 14.6. The normalized spacial score (nSPS) is 11.9. The lowest BCUT2D eigenvalue weighted by atomic mass is 9.97. The maximum atomic E-state index is 11.7. The molecular formula is C13H23N3O3. The predicted octanol–water partition coefficient (Wildman–Crippen LogP) is 1.74. The highest BCUT2D eigenvalue weighted by Gasteiger charge is 2.28. The van der Waals surface area contributed by atoms with E-state index in [0.29, 0.717) is 25.1 Å². The van der Waals surface area contributed by atoms with Gasteiger partial charge in [0, 0.05) is 0 Å². The monoisotopic (exact) mass is 269 g/mol. The Kier molecular flexibility index (Phi) is 5.05. The lowest BCUT2D eigenvalue weighted by Gasteiger charge is -2.26. The molecule has 0 fully saturated rings. The largest absolute Gasteiger partial charge is 0.464 e. The number of nitrogens with zero attached hydrogens (tertiary/aromatic N) is 3. The van der Waals surface area contributed by atoms with Crippen LogP contribution in [0.2, 0.25) is 0 Å². The fraction of sp³-hybridized carbons (Fsp3) is 0.769. The van der Waals surface area contributed by atoms with E-state index in [1.807, 2.05) is 27.7 Å². The molecule has 0 aliphatic heterocycles. The third-order valence-corrected chi connectivity index (χ3v) is 3.46. The van der Waals surface area contributed by atoms with E-state index in [0.717, 1.165) is 0 Å². The van der Waals surface area contributed by atoms with Crippen molar-refractivity contribution in [2.24, 2.45) is 0 Å². The SMILES string of the molecule is CCC(O)(CC)Cn1nnc(C(=O)OC)c1C(C)C. The van der Waals surface area contributed by atoms with Crippen molar-refractivity contribution in [3.8, 4) is 0 Å². The van der Waals surface area contributed by atoms with Gasteiger partial charge in [-0.05, 0) is 18.8 Å². The van der Waals surface area contributed by atoms with E-state index in [1.54, 1.807) is 4.68 Å². The average Bonchev–Trinajstić information content (AvgIpc) is 2.81. The summed E-state index contributed by atoms with van der Waals surface area (Å²) in [5.41, 5.74) is 0.101. The van der Waals surface area contributed by atoms with Gasteiger partial charge in [0.05, 0.1) is 24.9 Å². The van der Waals surface area contributed by atoms with Crippen LogP contribution in [0.5, 0.6) is 0 Å². The molecule has 0 aromatic carbocycles. The van der Waals surface area contributed by atoms with Crippen molar-refractivity contribution < 1.29 is 14.6 Å². The van der Waals surface area contributed by atoms with Crippen molar-refractivity contribution in [3.05, 3.63) is 11.4 Å². The minimum atomic E-state index is -0.829. The van der Waals surface area contributed by atoms with Gasteiger partial charge in [-0.2, -0.15) is 0 Å². The number of methoxy groups -OCH3 is 1. The van der Waals surface area contributed by atoms with E-state index in [2.05, 4.69) is 10.3 Å². The Morgan fingerprint density at radius 2 is 2.00 bits per heavy atom. The molecule has 0 spiro atoms. The van der Waals surface area contributed by atoms with E-state index in [4.69, 9.17) is 4.74 Å². The lowest BCUT2D eigenvalue weighted by Crippen LogP contribution is -2.34. The highest BCUT2D eigenvalue weighted by Crippen LogP contribution is 2.23. The molecule has 1 aromatic rings. The summed E-state index contributed by atoms with van der Waals surface area (Å²) in [7, 11) is 1.32. The molecule has 1 rings (SSSR count). The van der Waals surface area contributed by atoms with Gasteiger partial charge in [0.25, 0.3) is 0 Å². The van der Waals surface area contributed by atoms with E-state index in [1.165, 1.54) is 7.11 Å². The van der Waals surface area contributed by atoms with Crippen molar-refractivity contribution in [2.45, 2.75) is 58.6 Å². The Bertz CT molecular complexity index is 436. The number of hydrogen-bond acceptors (Lipinski definition) is 5. The number of esters is 1. The van der Waals surface area contributed by atoms with Crippen molar-refractivity contribution in [1.82, 2.24) is 15.0 Å². The van der Waals surface area contributed by atoms with Crippen LogP contribution >= 0.6 is 0 Å². The summed E-state index contributed by atoms with van der Waals surface area (Å²) < 4.78 is 6.32. The minimum absolute atomic E-state index is 0.0714. The summed E-state index contributed by atoms with van der Waals surface area (Å²) in [6.45, 7) is 8.10. The molecule has 108 valence electrons. The number of carbonyl (C=O) groups excluding carboxylic acids is 1. The molecule has 6 heteroatoms. The maximum absolute atomic E-state index is 11.7. The van der Waals surface area contributed by atoms with Crippen LogP contribution in [0.1, 0.15) is 62.6 Å². The molecular weight excluding hydrogens is 246 g/mol. The van der Waals surface area contributed by atoms with Gasteiger partial charge in [0.15, 0.2) is 5.69 Å². The predicted molar refractivity (Wildman–Crippen MR) is 71.0 cm³/mol. The van der Waals surface area contributed by atoms with Crippen LogP contribution in [0.3, 0.4) is 0 Å². The minimum Gasteiger partial charge on any atom is -0.464 e. The lowest BCUT2D eigenvalue weighted by molar-refractivity contribution is 0.0104. The molecule has 1 N–H and O–H groups in total. The molecule has 0 saturated heterocycles. The quantitative estimate of drug-likeness (QED) is 0.796. The van der Waals surface area contributed by atoms with E-state index in [9.17, 15) is 9.90 Å². The molecule has 0 bridgehead atoms. The second kappa shape index (κ2) is 6.14. The Morgan fingerprint density at radius 1 is 1.42 bits per heavy atom. The van der Waals surface area contributed by atoms with E-state index in [-0.39, 0.29) is 11.6 Å². The molecule has 1 heterocycles. The van der Waals surface area contributed by atoms with Crippen LogP contribution in [0.15, 0.2) is 0 Å². The number of aromatic nitrogens is 3. The summed E-state index contributed by atoms with van der Waals surface area (Å²) in [6, 6.07) is 0. The Balaban J connectivity index is 3.15. The van der Waals surface area contributed by atoms with Gasteiger partial charge >= 0.3 is 5.97 Å². The van der Waals surface area contributed by atoms with Gasteiger partial charge in [-0.3, -0.25) is 0 Å². The summed E-state index contributed by atoms with van der Waals surface area (Å²) in [6.07, 6.45) is 1.24. The molecule has 0 unspecified atom stereocenters. The molecule has 6 nitrogen and oxygen atoms in total. The van der Waals surface area contributed by atoms with Crippen molar-refractivity contribution in [2.75, 3.05) is 7.11 Å². The van der Waals surface area contributed by atoms with Gasteiger partial charge in [0.2, 0.25) is 0 Å². The first-order valence-electron chi connectivity index (χ1n) is 6.62. The van der Waals surface area contributed by atoms with Gasteiger partial charge in [-0.25, -0.2) is 9.48 Å². The smallest absolute Gasteiger partial charge is 0.360 e. The summed E-state index contributed by atoms with van der Waals surface area (Å²) in [5, 5.41) is 18.3. The first-order chi connectivity index (χ1) is 8.88. The van der Waals surface area contributed by atoms with Crippen LogP contribution < -0.4 is 0 Å². The first-order valence-corrected chi connectivity index (χ1v) is 6.62. The van der Waals surface area contributed by atoms with Crippen LogP contribution in [0, 0.1) is 0 Å². The van der Waals surface area contributed by atoms with Crippen LogP contribution in [0.25, 0.3) is 0 Å². The van der Waals surface area contributed by atoms with Gasteiger partial charge in [-0.1, -0.05) is 32.9 Å². The van der Waals surface area contributed by atoms with Gasteiger partial charge in [0.1, 0.15) is 0 Å². The van der Waals surface area contributed by atoms with Crippen LogP contribution in [-0.4, -0.2) is 38.8 Å². The Morgan fingerprint density at radius 3 is 2.42 bits per heavy atom. The zero-order valence-corrected chi connectivity index (χ0v) is 12.3. The third kappa shape index (κ3) is 3.32. The van der Waals surface area contributed by atoms with Crippen LogP contribution in [-0.2, 0) is 11.3 Å². The highest BCUT2D eigenvalue weighted by molar-refractivity contribution is 5.88. The number of carbonyl (C=O) groups is 1. The van der Waals surface area contributed by atoms with E-state index >= 15 is 0 Å². The van der Waals surface area contributed by atoms with Gasteiger partial charge in [-0.15, -0.1) is 5.10 Å². The zero-order valence-electron chi connectivity index (χ0n) is 12.3. The second-order valence-electron chi connectivity index (χ2n) is 5.06. The number of ether oxygens (including phenoxy) is 1. The fourth-order valence-corrected chi connectivity index (χ4v) is 2.00. The maximum Gasteiger partial charge on any atom is 0.360 e. The Labute approximate surface area is 113 Å². The molecule has 0 amide bonds. The molecule has 0 atom stereocenters. The summed E-state index contributed by atoms with van der Waals surface area (Å²) in [4.78, 5) is 11.7. The number of aliphatic hydroxyl groups is 1. The topological polar surface area (TPSA) is 77.2 Å². The Hall–Kier alpha value is -1.43. The molecule has 0 aliphatic rings. The number of rotatable bonds is 6. The third-order valence-electron chi connectivity index (χ3n) is 3.46. The van der Waals surface area contributed by atoms with Crippen molar-refractivity contribution in [3.63, 3.8) is 0 Å². The fourth-order valence-electron chi connectivity index (χ4n) is 2.00. The molecule has 0 saturated carbocycles. The summed E-state index contributed by atoms with van der Waals surface area (Å²) in [5.74, 6) is -0.423. The van der Waals surface area contributed by atoms with Crippen LogP contribution in [0.4, 0.5) is 0 Å². The molecule has 1 aromatic heterocycles. The number of hydrogen-bond donors (Lipinski definition) is 1. The standard InChI is InChI=1S/C13H23N3O3/c1-6-13(18,7-2)8-16-11(9(3)4)10(14-15-16)12(17)19-5/h9,18H,6-8H2,1-5H3. The van der Waals surface area contributed by atoms with Gasteiger partial charge < -0.3 is 9.84 Å². The second-order valence-corrected chi connectivity index (χ2v) is 5.06. The van der Waals surface area contributed by atoms with E-state index < -0.39 is 11.6 Å². The summed E-state index contributed by atoms with van der Waals surface area (Å²) >= 11 is 0. The van der Waals surface area contributed by atoms with Crippen molar-refractivity contribution in [1.29, 1.82) is 0 Å². The molecule has 19 heavy (non-hydrogen) atoms.